The molecular weight excluding hydrogens is 246 g/mol. The van der Waals surface area contributed by atoms with Crippen molar-refractivity contribution in [2.45, 2.75) is 25.7 Å². The summed E-state index contributed by atoms with van der Waals surface area (Å²) in [6, 6.07) is 5.73. The number of aliphatic carboxylic acids is 2. The van der Waals surface area contributed by atoms with E-state index >= 15 is 0 Å². The fraction of sp³-hybridized carbons (Fsp3) is 0.429. The average Bonchev–Trinajstić information content (AvgIpc) is 2.36. The van der Waals surface area contributed by atoms with Crippen molar-refractivity contribution in [2.75, 3.05) is 18.0 Å². The predicted octanol–water partition coefficient (Wildman–Crippen LogP) is 1.54. The standard InChI is InChI=1S/C14H17NO4/c16-13(17)8-15(9-14(18)19)12-7-3-5-10-4-1-2-6-11(10)12/h3,5,7H,1-2,4,6,8-9H2,(H,16,17)(H,18,19). The molecule has 1 aromatic carbocycles. The molecule has 0 saturated heterocycles. The lowest BCUT2D eigenvalue weighted by Crippen LogP contribution is -2.35. The zero-order valence-corrected chi connectivity index (χ0v) is 10.6. The third-order valence-corrected chi connectivity index (χ3v) is 3.36. The Morgan fingerprint density at radius 2 is 1.68 bits per heavy atom. The van der Waals surface area contributed by atoms with Crippen LogP contribution in [0.2, 0.25) is 0 Å². The Morgan fingerprint density at radius 3 is 2.32 bits per heavy atom. The zero-order valence-electron chi connectivity index (χ0n) is 10.6. The summed E-state index contributed by atoms with van der Waals surface area (Å²) in [5.74, 6) is -2.04. The van der Waals surface area contributed by atoms with Gasteiger partial charge in [-0.15, -0.1) is 0 Å². The Kier molecular flexibility index (Phi) is 4.04. The van der Waals surface area contributed by atoms with Crippen LogP contribution in [0, 0.1) is 0 Å². The molecule has 2 N–H and O–H groups in total. The Bertz CT molecular complexity index is 482. The normalized spacial score (nSPS) is 13.7. The van der Waals surface area contributed by atoms with Crippen molar-refractivity contribution >= 4 is 17.6 Å². The first-order chi connectivity index (χ1) is 9.08. The van der Waals surface area contributed by atoms with Crippen LogP contribution in [-0.2, 0) is 22.4 Å². The van der Waals surface area contributed by atoms with E-state index in [9.17, 15) is 9.59 Å². The van der Waals surface area contributed by atoms with Gasteiger partial charge in [-0.2, -0.15) is 0 Å². The Labute approximate surface area is 111 Å². The summed E-state index contributed by atoms with van der Waals surface area (Å²) in [5, 5.41) is 17.9. The Balaban J connectivity index is 2.35. The van der Waals surface area contributed by atoms with E-state index in [4.69, 9.17) is 10.2 Å². The molecule has 0 fully saturated rings. The van der Waals surface area contributed by atoms with Crippen molar-refractivity contribution in [3.63, 3.8) is 0 Å². The molecule has 19 heavy (non-hydrogen) atoms. The number of aryl methyl sites for hydroxylation is 1. The largest absolute Gasteiger partial charge is 0.480 e. The van der Waals surface area contributed by atoms with Gasteiger partial charge in [0.1, 0.15) is 13.1 Å². The Hall–Kier alpha value is -2.04. The van der Waals surface area contributed by atoms with Crippen molar-refractivity contribution in [1.82, 2.24) is 0 Å². The smallest absolute Gasteiger partial charge is 0.323 e. The summed E-state index contributed by atoms with van der Waals surface area (Å²) in [6.07, 6.45) is 4.07. The first kappa shape index (κ1) is 13.4. The average molecular weight is 263 g/mol. The first-order valence-corrected chi connectivity index (χ1v) is 6.37. The molecule has 1 aliphatic carbocycles. The minimum absolute atomic E-state index is 0.289. The minimum Gasteiger partial charge on any atom is -0.480 e. The van der Waals surface area contributed by atoms with E-state index in [1.807, 2.05) is 18.2 Å². The summed E-state index contributed by atoms with van der Waals surface area (Å²) in [5.41, 5.74) is 3.07. The van der Waals surface area contributed by atoms with Crippen LogP contribution in [0.1, 0.15) is 24.0 Å². The number of carboxylic acid groups (broad SMARTS) is 2. The van der Waals surface area contributed by atoms with E-state index in [1.165, 1.54) is 10.5 Å². The minimum atomic E-state index is -1.02. The summed E-state index contributed by atoms with van der Waals surface area (Å²) >= 11 is 0. The maximum absolute atomic E-state index is 10.9. The van der Waals surface area contributed by atoms with E-state index in [1.54, 1.807) is 0 Å². The fourth-order valence-corrected chi connectivity index (χ4v) is 2.61. The lowest BCUT2D eigenvalue weighted by Gasteiger charge is -2.27. The number of anilines is 1. The van der Waals surface area contributed by atoms with Gasteiger partial charge in [0.15, 0.2) is 0 Å². The van der Waals surface area contributed by atoms with Gasteiger partial charge in [-0.1, -0.05) is 12.1 Å². The summed E-state index contributed by atoms with van der Waals surface area (Å²) in [6.45, 7) is -0.578. The second kappa shape index (κ2) is 5.73. The van der Waals surface area contributed by atoms with E-state index in [2.05, 4.69) is 0 Å². The van der Waals surface area contributed by atoms with E-state index in [-0.39, 0.29) is 13.1 Å². The van der Waals surface area contributed by atoms with Crippen LogP contribution < -0.4 is 4.90 Å². The number of carbonyl (C=O) groups is 2. The van der Waals surface area contributed by atoms with Crippen LogP contribution in [0.5, 0.6) is 0 Å². The summed E-state index contributed by atoms with van der Waals surface area (Å²) in [4.78, 5) is 23.2. The number of carboxylic acids is 2. The molecule has 2 rings (SSSR count). The first-order valence-electron chi connectivity index (χ1n) is 6.37. The SMILES string of the molecule is O=C(O)CN(CC(=O)O)c1cccc2c1CCCC2. The van der Waals surface area contributed by atoms with Crippen LogP contribution in [0.15, 0.2) is 18.2 Å². The van der Waals surface area contributed by atoms with Crippen LogP contribution in [0.3, 0.4) is 0 Å². The molecule has 0 spiro atoms. The molecule has 0 amide bonds. The van der Waals surface area contributed by atoms with Crippen LogP contribution in [0.25, 0.3) is 0 Å². The maximum atomic E-state index is 10.9. The lowest BCUT2D eigenvalue weighted by molar-refractivity contribution is -0.136. The molecule has 102 valence electrons. The molecule has 1 aliphatic rings. The second-order valence-corrected chi connectivity index (χ2v) is 4.77. The van der Waals surface area contributed by atoms with Gasteiger partial charge in [0, 0.05) is 5.69 Å². The molecule has 5 nitrogen and oxygen atoms in total. The van der Waals surface area contributed by atoms with Crippen LogP contribution >= 0.6 is 0 Å². The van der Waals surface area contributed by atoms with Gasteiger partial charge in [0.2, 0.25) is 0 Å². The third kappa shape index (κ3) is 3.24. The molecule has 0 heterocycles. The number of hydrogen-bond donors (Lipinski definition) is 2. The molecular formula is C14H17NO4. The van der Waals surface area contributed by atoms with Crippen LogP contribution in [0.4, 0.5) is 5.69 Å². The number of hydrogen-bond acceptors (Lipinski definition) is 3. The van der Waals surface area contributed by atoms with Crippen molar-refractivity contribution < 1.29 is 19.8 Å². The number of nitrogens with zero attached hydrogens (tertiary/aromatic N) is 1. The monoisotopic (exact) mass is 263 g/mol. The Morgan fingerprint density at radius 1 is 1.05 bits per heavy atom. The highest BCUT2D eigenvalue weighted by Gasteiger charge is 2.20. The van der Waals surface area contributed by atoms with Gasteiger partial charge >= 0.3 is 11.9 Å². The number of rotatable bonds is 5. The number of fused-ring (bicyclic) bond motifs is 1. The third-order valence-electron chi connectivity index (χ3n) is 3.36. The summed E-state index contributed by atoms with van der Waals surface area (Å²) in [7, 11) is 0. The van der Waals surface area contributed by atoms with Gasteiger partial charge in [0.25, 0.3) is 0 Å². The maximum Gasteiger partial charge on any atom is 0.323 e. The van der Waals surface area contributed by atoms with Crippen molar-refractivity contribution in [2.24, 2.45) is 0 Å². The summed E-state index contributed by atoms with van der Waals surface area (Å²) < 4.78 is 0. The van der Waals surface area contributed by atoms with Crippen molar-refractivity contribution in [3.05, 3.63) is 29.3 Å². The highest BCUT2D eigenvalue weighted by atomic mass is 16.4. The van der Waals surface area contributed by atoms with E-state index in [0.717, 1.165) is 36.9 Å². The van der Waals surface area contributed by atoms with Gasteiger partial charge in [-0.25, -0.2) is 0 Å². The molecule has 0 radical (unpaired) electrons. The molecule has 5 heteroatoms. The molecule has 0 atom stereocenters. The molecule has 0 unspecified atom stereocenters. The van der Waals surface area contributed by atoms with Crippen molar-refractivity contribution in [1.29, 1.82) is 0 Å². The second-order valence-electron chi connectivity index (χ2n) is 4.77. The topological polar surface area (TPSA) is 77.8 Å². The zero-order chi connectivity index (χ0) is 13.8. The quantitative estimate of drug-likeness (QED) is 0.842. The number of benzene rings is 1. The highest BCUT2D eigenvalue weighted by Crippen LogP contribution is 2.30. The molecule has 0 aliphatic heterocycles. The van der Waals surface area contributed by atoms with Gasteiger partial charge in [-0.3, -0.25) is 9.59 Å². The lowest BCUT2D eigenvalue weighted by atomic mass is 9.90. The highest BCUT2D eigenvalue weighted by molar-refractivity contribution is 5.80. The van der Waals surface area contributed by atoms with E-state index < -0.39 is 11.9 Å². The molecule has 1 aromatic rings. The molecule has 0 aromatic heterocycles. The fourth-order valence-electron chi connectivity index (χ4n) is 2.61. The van der Waals surface area contributed by atoms with Gasteiger partial charge in [0.05, 0.1) is 0 Å². The van der Waals surface area contributed by atoms with Crippen LogP contribution in [-0.4, -0.2) is 35.2 Å². The van der Waals surface area contributed by atoms with Gasteiger partial charge < -0.3 is 15.1 Å². The van der Waals surface area contributed by atoms with E-state index in [0.29, 0.717) is 0 Å². The molecule has 0 saturated carbocycles. The molecule has 0 bridgehead atoms. The van der Waals surface area contributed by atoms with Crippen molar-refractivity contribution in [3.8, 4) is 0 Å². The predicted molar refractivity (Wildman–Crippen MR) is 70.6 cm³/mol. The van der Waals surface area contributed by atoms with Gasteiger partial charge in [-0.05, 0) is 42.9 Å².